The average Bonchev–Trinajstić information content (AvgIpc) is 2.36. The zero-order valence-corrected chi connectivity index (χ0v) is 12.7. The van der Waals surface area contributed by atoms with Crippen molar-refractivity contribution in [2.45, 2.75) is 58.5 Å². The molecule has 18 heavy (non-hydrogen) atoms. The predicted molar refractivity (Wildman–Crippen MR) is 78.0 cm³/mol. The van der Waals surface area contributed by atoms with Crippen LogP contribution in [0.1, 0.15) is 46.5 Å². The van der Waals surface area contributed by atoms with Crippen molar-refractivity contribution in [2.75, 3.05) is 33.4 Å². The quantitative estimate of drug-likeness (QED) is 0.722. The second-order valence-corrected chi connectivity index (χ2v) is 6.07. The molecule has 0 bridgehead atoms. The maximum atomic E-state index is 5.21. The van der Waals surface area contributed by atoms with Gasteiger partial charge in [-0.25, -0.2) is 0 Å². The summed E-state index contributed by atoms with van der Waals surface area (Å²) < 4.78 is 5.21. The molecule has 108 valence electrons. The lowest BCUT2D eigenvalue weighted by molar-refractivity contribution is 0.0772. The summed E-state index contributed by atoms with van der Waals surface area (Å²) in [4.78, 5) is 2.69. The van der Waals surface area contributed by atoms with E-state index in [1.54, 1.807) is 7.11 Å². The van der Waals surface area contributed by atoms with Gasteiger partial charge >= 0.3 is 0 Å². The SMILES string of the molecule is COCCC(C)N1CCCCC1CNCC(C)C. The van der Waals surface area contributed by atoms with Crippen LogP contribution < -0.4 is 5.32 Å². The molecular weight excluding hydrogens is 224 g/mol. The van der Waals surface area contributed by atoms with Gasteiger partial charge in [-0.1, -0.05) is 20.3 Å². The van der Waals surface area contributed by atoms with Gasteiger partial charge in [0.05, 0.1) is 0 Å². The van der Waals surface area contributed by atoms with Crippen molar-refractivity contribution in [3.8, 4) is 0 Å². The molecule has 0 aliphatic carbocycles. The van der Waals surface area contributed by atoms with Crippen LogP contribution in [0.3, 0.4) is 0 Å². The van der Waals surface area contributed by atoms with Crippen LogP contribution in [-0.2, 0) is 4.74 Å². The van der Waals surface area contributed by atoms with Crippen molar-refractivity contribution in [1.29, 1.82) is 0 Å². The Bertz CT molecular complexity index is 209. The molecule has 2 atom stereocenters. The van der Waals surface area contributed by atoms with Gasteiger partial charge in [-0.2, -0.15) is 0 Å². The predicted octanol–water partition coefficient (Wildman–Crippen LogP) is 2.51. The molecule has 2 unspecified atom stereocenters. The second-order valence-electron chi connectivity index (χ2n) is 6.07. The van der Waals surface area contributed by atoms with E-state index in [0.29, 0.717) is 6.04 Å². The van der Waals surface area contributed by atoms with Crippen LogP contribution in [0.25, 0.3) is 0 Å². The number of hydrogen-bond acceptors (Lipinski definition) is 3. The molecule has 1 fully saturated rings. The number of piperidine rings is 1. The molecule has 1 aliphatic rings. The van der Waals surface area contributed by atoms with E-state index in [1.165, 1.54) is 25.8 Å². The molecule has 3 nitrogen and oxygen atoms in total. The molecule has 0 aromatic heterocycles. The van der Waals surface area contributed by atoms with Crippen LogP contribution in [0.5, 0.6) is 0 Å². The van der Waals surface area contributed by atoms with E-state index in [-0.39, 0.29) is 0 Å². The number of nitrogens with one attached hydrogen (secondary N) is 1. The molecule has 1 heterocycles. The highest BCUT2D eigenvalue weighted by atomic mass is 16.5. The van der Waals surface area contributed by atoms with Gasteiger partial charge in [0.25, 0.3) is 0 Å². The minimum absolute atomic E-state index is 0.649. The summed E-state index contributed by atoms with van der Waals surface area (Å²) in [7, 11) is 1.80. The molecule has 3 heteroatoms. The summed E-state index contributed by atoms with van der Waals surface area (Å²) in [5.41, 5.74) is 0. The van der Waals surface area contributed by atoms with Crippen LogP contribution in [0, 0.1) is 5.92 Å². The van der Waals surface area contributed by atoms with Crippen LogP contribution in [-0.4, -0.2) is 50.3 Å². The molecule has 1 rings (SSSR count). The Labute approximate surface area is 113 Å². The van der Waals surface area contributed by atoms with Crippen molar-refractivity contribution in [2.24, 2.45) is 5.92 Å². The summed E-state index contributed by atoms with van der Waals surface area (Å²) in [5.74, 6) is 0.743. The fourth-order valence-electron chi connectivity index (χ4n) is 2.82. The number of likely N-dealkylation sites (tertiary alicyclic amines) is 1. The Morgan fingerprint density at radius 3 is 2.72 bits per heavy atom. The molecule has 0 amide bonds. The van der Waals surface area contributed by atoms with E-state index in [9.17, 15) is 0 Å². The van der Waals surface area contributed by atoms with Gasteiger partial charge in [-0.3, -0.25) is 4.90 Å². The molecule has 1 aliphatic heterocycles. The highest BCUT2D eigenvalue weighted by Crippen LogP contribution is 2.20. The first-order valence-electron chi connectivity index (χ1n) is 7.60. The van der Waals surface area contributed by atoms with Gasteiger partial charge in [0.15, 0.2) is 0 Å². The third-order valence-electron chi connectivity index (χ3n) is 3.91. The Kier molecular flexibility index (Phi) is 7.87. The largest absolute Gasteiger partial charge is 0.385 e. The van der Waals surface area contributed by atoms with E-state index in [0.717, 1.165) is 38.1 Å². The first-order valence-corrected chi connectivity index (χ1v) is 7.60. The zero-order chi connectivity index (χ0) is 13.4. The van der Waals surface area contributed by atoms with Gasteiger partial charge in [-0.15, -0.1) is 0 Å². The van der Waals surface area contributed by atoms with E-state index in [2.05, 4.69) is 31.0 Å². The fourth-order valence-corrected chi connectivity index (χ4v) is 2.82. The lowest BCUT2D eigenvalue weighted by Crippen LogP contribution is -2.50. The number of hydrogen-bond donors (Lipinski definition) is 1. The van der Waals surface area contributed by atoms with E-state index >= 15 is 0 Å². The Morgan fingerprint density at radius 2 is 2.06 bits per heavy atom. The lowest BCUT2D eigenvalue weighted by Gasteiger charge is -2.40. The first kappa shape index (κ1) is 15.9. The van der Waals surface area contributed by atoms with Gasteiger partial charge < -0.3 is 10.1 Å². The third kappa shape index (κ3) is 5.68. The normalized spacial score (nSPS) is 23.5. The van der Waals surface area contributed by atoms with Crippen LogP contribution in [0.2, 0.25) is 0 Å². The summed E-state index contributed by atoms with van der Waals surface area (Å²) >= 11 is 0. The third-order valence-corrected chi connectivity index (χ3v) is 3.91. The first-order chi connectivity index (χ1) is 8.65. The highest BCUT2D eigenvalue weighted by Gasteiger charge is 2.25. The smallest absolute Gasteiger partial charge is 0.0477 e. The van der Waals surface area contributed by atoms with Crippen molar-refractivity contribution in [1.82, 2.24) is 10.2 Å². The number of nitrogens with zero attached hydrogens (tertiary/aromatic N) is 1. The molecule has 1 saturated heterocycles. The van der Waals surface area contributed by atoms with Crippen molar-refractivity contribution < 1.29 is 4.74 Å². The Balaban J connectivity index is 2.36. The standard InChI is InChI=1S/C15H32N2O/c1-13(2)11-16-12-15-7-5-6-9-17(15)14(3)8-10-18-4/h13-16H,5-12H2,1-4H3. The summed E-state index contributed by atoms with van der Waals surface area (Å²) in [6.45, 7) is 11.3. The fraction of sp³-hybridized carbons (Fsp3) is 1.00. The maximum absolute atomic E-state index is 5.21. The summed E-state index contributed by atoms with van der Waals surface area (Å²) in [5, 5.41) is 3.62. The summed E-state index contributed by atoms with van der Waals surface area (Å²) in [6.07, 6.45) is 5.25. The van der Waals surface area contributed by atoms with Crippen molar-refractivity contribution >= 4 is 0 Å². The number of methoxy groups -OCH3 is 1. The van der Waals surface area contributed by atoms with Crippen molar-refractivity contribution in [3.63, 3.8) is 0 Å². The topological polar surface area (TPSA) is 24.5 Å². The minimum Gasteiger partial charge on any atom is -0.385 e. The molecular formula is C15H32N2O. The van der Waals surface area contributed by atoms with Gasteiger partial charge in [0.1, 0.15) is 0 Å². The van der Waals surface area contributed by atoms with E-state index in [4.69, 9.17) is 4.74 Å². The van der Waals surface area contributed by atoms with Gasteiger partial charge in [0, 0.05) is 32.3 Å². The second kappa shape index (κ2) is 8.89. The van der Waals surface area contributed by atoms with E-state index in [1.807, 2.05) is 0 Å². The van der Waals surface area contributed by atoms with Crippen LogP contribution in [0.4, 0.5) is 0 Å². The Hall–Kier alpha value is -0.120. The summed E-state index contributed by atoms with van der Waals surface area (Å²) in [6, 6.07) is 1.38. The van der Waals surface area contributed by atoms with Crippen LogP contribution in [0.15, 0.2) is 0 Å². The van der Waals surface area contributed by atoms with Crippen LogP contribution >= 0.6 is 0 Å². The molecule has 0 radical (unpaired) electrons. The average molecular weight is 256 g/mol. The highest BCUT2D eigenvalue weighted by molar-refractivity contribution is 4.82. The number of ether oxygens (including phenoxy) is 1. The van der Waals surface area contributed by atoms with Gasteiger partial charge in [0.2, 0.25) is 0 Å². The zero-order valence-electron chi connectivity index (χ0n) is 12.7. The molecule has 0 saturated carbocycles. The molecule has 0 aromatic rings. The van der Waals surface area contributed by atoms with Gasteiger partial charge in [-0.05, 0) is 45.2 Å². The lowest BCUT2D eigenvalue weighted by atomic mass is 9.99. The monoisotopic (exact) mass is 256 g/mol. The van der Waals surface area contributed by atoms with E-state index < -0.39 is 0 Å². The number of rotatable bonds is 8. The molecule has 0 aromatic carbocycles. The molecule has 1 N–H and O–H groups in total. The van der Waals surface area contributed by atoms with Crippen molar-refractivity contribution in [3.05, 3.63) is 0 Å². The molecule has 0 spiro atoms. The minimum atomic E-state index is 0.649. The Morgan fingerprint density at radius 1 is 1.28 bits per heavy atom. The maximum Gasteiger partial charge on any atom is 0.0477 e.